The third-order valence-electron chi connectivity index (χ3n) is 3.98. The van der Waals surface area contributed by atoms with Crippen LogP contribution in [0.5, 0.6) is 0 Å². The molecule has 1 atom stereocenters. The van der Waals surface area contributed by atoms with Gasteiger partial charge in [0.25, 0.3) is 5.91 Å². The first-order valence-electron chi connectivity index (χ1n) is 8.71. The SMILES string of the molecule is CC(C)C(NC(=O)c1cccs1)C(=O)Nc1ccc(Sc2nncn2C)cc1. The highest BCUT2D eigenvalue weighted by Crippen LogP contribution is 2.26. The van der Waals surface area contributed by atoms with E-state index < -0.39 is 6.04 Å². The zero-order valence-electron chi connectivity index (χ0n) is 15.7. The Kier molecular flexibility index (Phi) is 6.48. The van der Waals surface area contributed by atoms with E-state index >= 15 is 0 Å². The molecule has 0 spiro atoms. The van der Waals surface area contributed by atoms with Gasteiger partial charge in [0.1, 0.15) is 12.4 Å². The van der Waals surface area contributed by atoms with Crippen molar-refractivity contribution in [1.29, 1.82) is 0 Å². The molecular formula is C19H21N5O2S2. The Bertz CT molecular complexity index is 936. The van der Waals surface area contributed by atoms with E-state index in [-0.39, 0.29) is 17.7 Å². The second-order valence-electron chi connectivity index (χ2n) is 6.51. The van der Waals surface area contributed by atoms with Crippen LogP contribution in [0, 0.1) is 5.92 Å². The summed E-state index contributed by atoms with van der Waals surface area (Å²) in [6.45, 7) is 3.80. The third kappa shape index (κ3) is 4.99. The number of aryl methyl sites for hydroxylation is 1. The highest BCUT2D eigenvalue weighted by atomic mass is 32.2. The number of nitrogens with one attached hydrogen (secondary N) is 2. The number of hydrogen-bond donors (Lipinski definition) is 2. The van der Waals surface area contributed by atoms with Gasteiger partial charge >= 0.3 is 0 Å². The van der Waals surface area contributed by atoms with E-state index in [0.717, 1.165) is 10.1 Å². The summed E-state index contributed by atoms with van der Waals surface area (Å²) in [7, 11) is 1.88. The van der Waals surface area contributed by atoms with Crippen LogP contribution in [0.4, 0.5) is 5.69 Å². The molecule has 146 valence electrons. The molecule has 1 unspecified atom stereocenters. The number of carbonyl (C=O) groups excluding carboxylic acids is 2. The summed E-state index contributed by atoms with van der Waals surface area (Å²) in [5.41, 5.74) is 0.670. The Morgan fingerprint density at radius 2 is 1.93 bits per heavy atom. The molecule has 0 saturated carbocycles. The molecular weight excluding hydrogens is 394 g/mol. The van der Waals surface area contributed by atoms with Crippen molar-refractivity contribution in [3.8, 4) is 0 Å². The number of thiophene rings is 1. The van der Waals surface area contributed by atoms with E-state index in [4.69, 9.17) is 0 Å². The smallest absolute Gasteiger partial charge is 0.262 e. The molecule has 2 N–H and O–H groups in total. The van der Waals surface area contributed by atoms with Crippen LogP contribution in [-0.4, -0.2) is 32.6 Å². The summed E-state index contributed by atoms with van der Waals surface area (Å²) in [5.74, 6) is -0.525. The van der Waals surface area contributed by atoms with Gasteiger partial charge in [0.05, 0.1) is 4.88 Å². The second-order valence-corrected chi connectivity index (χ2v) is 8.50. The van der Waals surface area contributed by atoms with Crippen molar-refractivity contribution in [1.82, 2.24) is 20.1 Å². The maximum absolute atomic E-state index is 12.7. The Morgan fingerprint density at radius 3 is 2.50 bits per heavy atom. The Labute approximate surface area is 171 Å². The average molecular weight is 416 g/mol. The summed E-state index contributed by atoms with van der Waals surface area (Å²) >= 11 is 2.83. The predicted octanol–water partition coefficient (Wildman–Crippen LogP) is 3.42. The lowest BCUT2D eigenvalue weighted by atomic mass is 10.0. The van der Waals surface area contributed by atoms with E-state index in [1.165, 1.54) is 23.1 Å². The molecule has 9 heteroatoms. The quantitative estimate of drug-likeness (QED) is 0.617. The lowest BCUT2D eigenvalue weighted by Crippen LogP contribution is -2.46. The maximum Gasteiger partial charge on any atom is 0.262 e. The van der Waals surface area contributed by atoms with Gasteiger partial charge in [0.2, 0.25) is 5.91 Å². The number of rotatable bonds is 7. The van der Waals surface area contributed by atoms with Crippen LogP contribution in [0.3, 0.4) is 0 Å². The molecule has 1 aromatic carbocycles. The first-order valence-corrected chi connectivity index (χ1v) is 10.4. The predicted molar refractivity (Wildman–Crippen MR) is 111 cm³/mol. The van der Waals surface area contributed by atoms with Gasteiger partial charge in [-0.1, -0.05) is 19.9 Å². The van der Waals surface area contributed by atoms with E-state index in [1.54, 1.807) is 12.4 Å². The summed E-state index contributed by atoms with van der Waals surface area (Å²) in [5, 5.41) is 16.2. The molecule has 3 rings (SSSR count). The van der Waals surface area contributed by atoms with Crippen LogP contribution < -0.4 is 10.6 Å². The zero-order valence-corrected chi connectivity index (χ0v) is 17.4. The number of carbonyl (C=O) groups is 2. The van der Waals surface area contributed by atoms with Gasteiger partial charge in [-0.3, -0.25) is 9.59 Å². The number of amides is 2. The fourth-order valence-corrected chi connectivity index (χ4v) is 3.84. The summed E-state index contributed by atoms with van der Waals surface area (Å²) < 4.78 is 1.84. The lowest BCUT2D eigenvalue weighted by molar-refractivity contribution is -0.118. The van der Waals surface area contributed by atoms with E-state index in [9.17, 15) is 9.59 Å². The third-order valence-corrected chi connectivity index (χ3v) is 5.91. The molecule has 0 aliphatic heterocycles. The molecule has 0 aliphatic carbocycles. The van der Waals surface area contributed by atoms with E-state index in [1.807, 2.05) is 61.2 Å². The average Bonchev–Trinajstić information content (AvgIpc) is 3.33. The fourth-order valence-electron chi connectivity index (χ4n) is 2.45. The van der Waals surface area contributed by atoms with Gasteiger partial charge in [-0.05, 0) is 53.4 Å². The van der Waals surface area contributed by atoms with Crippen LogP contribution in [0.1, 0.15) is 23.5 Å². The first-order chi connectivity index (χ1) is 13.4. The van der Waals surface area contributed by atoms with E-state index in [2.05, 4.69) is 20.8 Å². The minimum absolute atomic E-state index is 0.0466. The van der Waals surface area contributed by atoms with Crippen molar-refractivity contribution >= 4 is 40.6 Å². The molecule has 0 bridgehead atoms. The number of hydrogen-bond acceptors (Lipinski definition) is 6. The Hall–Kier alpha value is -2.65. The van der Waals surface area contributed by atoms with Crippen molar-refractivity contribution in [2.75, 3.05) is 5.32 Å². The summed E-state index contributed by atoms with van der Waals surface area (Å²) in [6.07, 6.45) is 1.65. The van der Waals surface area contributed by atoms with Crippen molar-refractivity contribution in [2.24, 2.45) is 13.0 Å². The second kappa shape index (κ2) is 9.03. The van der Waals surface area contributed by atoms with Crippen molar-refractivity contribution < 1.29 is 9.59 Å². The van der Waals surface area contributed by atoms with Crippen molar-refractivity contribution in [3.05, 3.63) is 53.0 Å². The minimum atomic E-state index is -0.623. The van der Waals surface area contributed by atoms with Crippen LogP contribution in [-0.2, 0) is 11.8 Å². The molecule has 0 saturated heterocycles. The molecule has 2 heterocycles. The lowest BCUT2D eigenvalue weighted by Gasteiger charge is -2.21. The van der Waals surface area contributed by atoms with Gasteiger partial charge in [0, 0.05) is 17.6 Å². The molecule has 7 nitrogen and oxygen atoms in total. The molecule has 28 heavy (non-hydrogen) atoms. The summed E-state index contributed by atoms with van der Waals surface area (Å²) in [6, 6.07) is 10.4. The van der Waals surface area contributed by atoms with Gasteiger partial charge in [-0.2, -0.15) is 0 Å². The van der Waals surface area contributed by atoms with Gasteiger partial charge in [0.15, 0.2) is 5.16 Å². The van der Waals surface area contributed by atoms with Crippen LogP contribution in [0.2, 0.25) is 0 Å². The monoisotopic (exact) mass is 415 g/mol. The number of aromatic nitrogens is 3. The topological polar surface area (TPSA) is 88.9 Å². The van der Waals surface area contributed by atoms with Crippen LogP contribution in [0.25, 0.3) is 0 Å². The van der Waals surface area contributed by atoms with Crippen LogP contribution >= 0.6 is 23.1 Å². The van der Waals surface area contributed by atoms with Crippen molar-refractivity contribution in [2.45, 2.75) is 29.9 Å². The van der Waals surface area contributed by atoms with E-state index in [0.29, 0.717) is 10.6 Å². The molecule has 0 radical (unpaired) electrons. The molecule has 3 aromatic rings. The zero-order chi connectivity index (χ0) is 20.1. The maximum atomic E-state index is 12.7. The molecule has 0 aliphatic rings. The first kappa shape index (κ1) is 20.1. The summed E-state index contributed by atoms with van der Waals surface area (Å²) in [4.78, 5) is 26.6. The number of anilines is 1. The fraction of sp³-hybridized carbons (Fsp3) is 0.263. The Morgan fingerprint density at radius 1 is 1.18 bits per heavy atom. The molecule has 2 aromatic heterocycles. The standard InChI is InChI=1S/C19H21N5O2S2/c1-12(2)16(22-17(25)15-5-4-10-27-15)18(26)21-13-6-8-14(9-7-13)28-19-23-20-11-24(19)3/h4-12,16H,1-3H3,(H,21,26)(H,22,25). The normalized spacial score (nSPS) is 12.0. The molecule has 0 fully saturated rings. The number of benzene rings is 1. The van der Waals surface area contributed by atoms with Crippen LogP contribution in [0.15, 0.2) is 58.2 Å². The minimum Gasteiger partial charge on any atom is -0.339 e. The Balaban J connectivity index is 1.63. The number of nitrogens with zero attached hydrogens (tertiary/aromatic N) is 3. The van der Waals surface area contributed by atoms with Gasteiger partial charge in [-0.15, -0.1) is 21.5 Å². The van der Waals surface area contributed by atoms with Gasteiger partial charge < -0.3 is 15.2 Å². The largest absolute Gasteiger partial charge is 0.339 e. The highest BCUT2D eigenvalue weighted by molar-refractivity contribution is 7.99. The highest BCUT2D eigenvalue weighted by Gasteiger charge is 2.25. The molecule has 2 amide bonds. The van der Waals surface area contributed by atoms with Crippen molar-refractivity contribution in [3.63, 3.8) is 0 Å². The van der Waals surface area contributed by atoms with Gasteiger partial charge in [-0.25, -0.2) is 0 Å².